The summed E-state index contributed by atoms with van der Waals surface area (Å²) in [5.74, 6) is 2.24. The van der Waals surface area contributed by atoms with E-state index in [2.05, 4.69) is 20.8 Å². The van der Waals surface area contributed by atoms with Crippen LogP contribution in [0.3, 0.4) is 0 Å². The second-order valence-corrected chi connectivity index (χ2v) is 6.44. The van der Waals surface area contributed by atoms with Gasteiger partial charge < -0.3 is 29.0 Å². The number of carbonyl (C=O) groups is 1. The van der Waals surface area contributed by atoms with Gasteiger partial charge in [0.25, 0.3) is 0 Å². The lowest BCUT2D eigenvalue weighted by molar-refractivity contribution is 0.262. The topological polar surface area (TPSA) is 112 Å². The maximum absolute atomic E-state index is 12.6. The average molecular weight is 420 g/mol. The molecule has 0 radical (unpaired) electrons. The lowest BCUT2D eigenvalue weighted by Gasteiger charge is -2.15. The fourth-order valence-corrected chi connectivity index (χ4v) is 3.05. The summed E-state index contributed by atoms with van der Waals surface area (Å²) in [6, 6.07) is 15.7. The van der Waals surface area contributed by atoms with Gasteiger partial charge in [-0.15, -0.1) is 0 Å². The van der Waals surface area contributed by atoms with Crippen LogP contribution in [0.5, 0.6) is 11.5 Å². The number of para-hydroxylation sites is 2. The quantitative estimate of drug-likeness (QED) is 0.450. The summed E-state index contributed by atoms with van der Waals surface area (Å²) in [4.78, 5) is 17.0. The molecule has 4 rings (SSSR count). The smallest absolute Gasteiger partial charge is 0.323 e. The molecule has 0 bridgehead atoms. The minimum absolute atomic E-state index is 0.340. The van der Waals surface area contributed by atoms with E-state index in [9.17, 15) is 4.79 Å². The Morgan fingerprint density at radius 2 is 1.77 bits per heavy atom. The van der Waals surface area contributed by atoms with Crippen LogP contribution in [0.15, 0.2) is 69.8 Å². The first kappa shape index (κ1) is 20.0. The molecule has 0 spiro atoms. The number of ether oxygens (including phenoxy) is 2. The van der Waals surface area contributed by atoms with Crippen molar-refractivity contribution in [2.24, 2.45) is 0 Å². The van der Waals surface area contributed by atoms with Gasteiger partial charge >= 0.3 is 6.03 Å². The molecule has 0 saturated carbocycles. The van der Waals surface area contributed by atoms with Crippen molar-refractivity contribution >= 4 is 17.4 Å². The fraction of sp³-hybridized carbons (Fsp3) is 0.136. The van der Waals surface area contributed by atoms with Gasteiger partial charge in [0.05, 0.1) is 32.6 Å². The van der Waals surface area contributed by atoms with Crippen molar-refractivity contribution in [1.82, 2.24) is 10.1 Å². The number of carbonyl (C=O) groups excluding carboxylic acids is 1. The summed E-state index contributed by atoms with van der Waals surface area (Å²) in [7, 11) is 3.05. The zero-order valence-corrected chi connectivity index (χ0v) is 16.9. The summed E-state index contributed by atoms with van der Waals surface area (Å²) >= 11 is 0. The third-order valence-electron chi connectivity index (χ3n) is 4.47. The number of furan rings is 1. The lowest BCUT2D eigenvalue weighted by Crippen LogP contribution is -2.20. The van der Waals surface area contributed by atoms with Crippen molar-refractivity contribution in [1.29, 1.82) is 0 Å². The van der Waals surface area contributed by atoms with Gasteiger partial charge in [0, 0.05) is 5.69 Å². The first-order valence-electron chi connectivity index (χ1n) is 9.41. The van der Waals surface area contributed by atoms with Crippen molar-refractivity contribution in [2.45, 2.75) is 6.42 Å². The summed E-state index contributed by atoms with van der Waals surface area (Å²) in [5, 5.41) is 9.56. The van der Waals surface area contributed by atoms with Gasteiger partial charge in [0.1, 0.15) is 0 Å². The van der Waals surface area contributed by atoms with Gasteiger partial charge in [0.2, 0.25) is 11.7 Å². The summed E-state index contributed by atoms with van der Waals surface area (Å²) in [5.41, 5.74) is 1.90. The Morgan fingerprint density at radius 1 is 0.968 bits per heavy atom. The number of nitrogens with zero attached hydrogens (tertiary/aromatic N) is 2. The van der Waals surface area contributed by atoms with Crippen LogP contribution in [0.2, 0.25) is 0 Å². The Kier molecular flexibility index (Phi) is 5.84. The molecule has 0 saturated heterocycles. The molecule has 4 aromatic rings. The molecule has 0 unspecified atom stereocenters. The van der Waals surface area contributed by atoms with E-state index in [-0.39, 0.29) is 0 Å². The Hall–Kier alpha value is -4.27. The highest BCUT2D eigenvalue weighted by atomic mass is 16.5. The van der Waals surface area contributed by atoms with E-state index in [1.807, 2.05) is 18.2 Å². The van der Waals surface area contributed by atoms with Crippen LogP contribution in [0.1, 0.15) is 11.5 Å². The van der Waals surface area contributed by atoms with E-state index >= 15 is 0 Å². The number of hydrogen-bond acceptors (Lipinski definition) is 7. The molecule has 0 fully saturated rings. The van der Waals surface area contributed by atoms with Crippen LogP contribution in [-0.4, -0.2) is 30.4 Å². The zero-order valence-electron chi connectivity index (χ0n) is 16.9. The average Bonchev–Trinajstić information content (AvgIpc) is 3.47. The Labute approximate surface area is 178 Å². The van der Waals surface area contributed by atoms with Crippen LogP contribution in [0.4, 0.5) is 16.2 Å². The fourth-order valence-electron chi connectivity index (χ4n) is 3.05. The third kappa shape index (κ3) is 4.50. The van der Waals surface area contributed by atoms with Crippen LogP contribution < -0.4 is 20.1 Å². The molecule has 2 aromatic heterocycles. The number of hydrogen-bond donors (Lipinski definition) is 2. The summed E-state index contributed by atoms with van der Waals surface area (Å²) in [6.45, 7) is 0. The lowest BCUT2D eigenvalue weighted by atomic mass is 10.1. The van der Waals surface area contributed by atoms with Gasteiger partial charge in [-0.2, -0.15) is 4.98 Å². The van der Waals surface area contributed by atoms with E-state index in [0.29, 0.717) is 46.8 Å². The van der Waals surface area contributed by atoms with Crippen molar-refractivity contribution in [3.63, 3.8) is 0 Å². The molecule has 158 valence electrons. The number of urea groups is 1. The summed E-state index contributed by atoms with van der Waals surface area (Å²) in [6.07, 6.45) is 1.88. The first-order chi connectivity index (χ1) is 15.2. The predicted octanol–water partition coefficient (Wildman–Crippen LogP) is 4.58. The Balaban J connectivity index is 1.49. The third-order valence-corrected chi connectivity index (χ3v) is 4.47. The number of methoxy groups -OCH3 is 2. The number of anilines is 2. The van der Waals surface area contributed by atoms with Crippen LogP contribution in [0, 0.1) is 0 Å². The molecule has 0 aliphatic heterocycles. The minimum Gasteiger partial charge on any atom is -0.493 e. The van der Waals surface area contributed by atoms with Gasteiger partial charge in [-0.3, -0.25) is 0 Å². The highest BCUT2D eigenvalue weighted by Crippen LogP contribution is 2.34. The number of nitrogens with one attached hydrogen (secondary N) is 2. The van der Waals surface area contributed by atoms with E-state index in [1.54, 1.807) is 42.7 Å². The number of benzene rings is 2. The molecule has 2 aromatic carbocycles. The van der Waals surface area contributed by atoms with Gasteiger partial charge in [-0.25, -0.2) is 4.79 Å². The Morgan fingerprint density at radius 3 is 2.55 bits per heavy atom. The molecule has 2 amide bonds. The molecule has 0 aliphatic carbocycles. The molecule has 9 heteroatoms. The van der Waals surface area contributed by atoms with E-state index in [0.717, 1.165) is 5.56 Å². The first-order valence-corrected chi connectivity index (χ1v) is 9.41. The van der Waals surface area contributed by atoms with Gasteiger partial charge in [-0.05, 0) is 35.9 Å². The molecule has 31 heavy (non-hydrogen) atoms. The van der Waals surface area contributed by atoms with Gasteiger partial charge in [-0.1, -0.05) is 29.4 Å². The standard InChI is InChI=1S/C22H20N4O5/c1-28-17-10-5-9-16(20(17)29-2)24-22(27)23-15-8-4-3-7-14(15)13-19-25-21(26-31-19)18-11-6-12-30-18/h3-12H,13H2,1-2H3,(H2,23,24,27). The van der Waals surface area contributed by atoms with Gasteiger partial charge in [0.15, 0.2) is 17.3 Å². The largest absolute Gasteiger partial charge is 0.493 e. The zero-order chi connectivity index (χ0) is 21.6. The molecular weight excluding hydrogens is 400 g/mol. The highest BCUT2D eigenvalue weighted by molar-refractivity contribution is 6.01. The van der Waals surface area contributed by atoms with Crippen molar-refractivity contribution in [3.05, 3.63) is 72.3 Å². The van der Waals surface area contributed by atoms with E-state index in [1.165, 1.54) is 14.2 Å². The number of aromatic nitrogens is 2. The van der Waals surface area contributed by atoms with Crippen molar-refractivity contribution in [2.75, 3.05) is 24.9 Å². The minimum atomic E-state index is -0.430. The predicted molar refractivity (Wildman–Crippen MR) is 113 cm³/mol. The van der Waals surface area contributed by atoms with Crippen LogP contribution in [-0.2, 0) is 6.42 Å². The molecule has 9 nitrogen and oxygen atoms in total. The second kappa shape index (κ2) is 9.04. The normalized spacial score (nSPS) is 10.5. The molecule has 2 N–H and O–H groups in total. The number of rotatable bonds is 7. The Bertz CT molecular complexity index is 1170. The molecule has 0 atom stereocenters. The maximum Gasteiger partial charge on any atom is 0.323 e. The second-order valence-electron chi connectivity index (χ2n) is 6.44. The van der Waals surface area contributed by atoms with E-state index < -0.39 is 6.03 Å². The maximum atomic E-state index is 12.6. The van der Waals surface area contributed by atoms with Crippen LogP contribution in [0.25, 0.3) is 11.6 Å². The monoisotopic (exact) mass is 420 g/mol. The summed E-state index contributed by atoms with van der Waals surface area (Å²) < 4.78 is 21.2. The number of amides is 2. The van der Waals surface area contributed by atoms with E-state index in [4.69, 9.17) is 18.4 Å². The molecular formula is C22H20N4O5. The highest BCUT2D eigenvalue weighted by Gasteiger charge is 2.15. The van der Waals surface area contributed by atoms with Crippen molar-refractivity contribution in [3.8, 4) is 23.1 Å². The SMILES string of the molecule is COc1cccc(NC(=O)Nc2ccccc2Cc2nc(-c3ccco3)no2)c1OC. The molecule has 0 aliphatic rings. The van der Waals surface area contributed by atoms with Crippen molar-refractivity contribution < 1.29 is 23.2 Å². The van der Waals surface area contributed by atoms with Crippen LogP contribution >= 0.6 is 0 Å². The molecule has 2 heterocycles.